The zero-order valence-electron chi connectivity index (χ0n) is 15.9. The van der Waals surface area contributed by atoms with Crippen molar-refractivity contribution in [1.82, 2.24) is 14.8 Å². The van der Waals surface area contributed by atoms with Gasteiger partial charge in [-0.1, -0.05) is 18.2 Å². The number of hydrogen-bond acceptors (Lipinski definition) is 7. The van der Waals surface area contributed by atoms with Gasteiger partial charge in [0.25, 0.3) is 0 Å². The number of aromatic nitrogens is 3. The van der Waals surface area contributed by atoms with Gasteiger partial charge in [0.15, 0.2) is 5.78 Å². The summed E-state index contributed by atoms with van der Waals surface area (Å²) >= 11 is 1.60. The molecule has 0 saturated carbocycles. The predicted octanol–water partition coefficient (Wildman–Crippen LogP) is 4.24. The SMILES string of the molecule is Nc1nc2n(n1)[C@@H](c1ccc(OC(F)(F)F)cc1)C1=C(C[C@H](c3cccs3)CC1=O)N2. The van der Waals surface area contributed by atoms with Crippen molar-refractivity contribution in [2.24, 2.45) is 0 Å². The molecule has 0 fully saturated rings. The number of rotatable bonds is 3. The van der Waals surface area contributed by atoms with Crippen LogP contribution >= 0.6 is 11.3 Å². The minimum atomic E-state index is -4.78. The highest BCUT2D eigenvalue weighted by Gasteiger charge is 2.40. The first-order valence-electron chi connectivity index (χ1n) is 9.43. The number of nitrogen functional groups attached to an aromatic ring is 1. The Morgan fingerprint density at radius 1 is 1.19 bits per heavy atom. The Bertz CT molecular complexity index is 1170. The first-order chi connectivity index (χ1) is 14.8. The number of nitrogens with zero attached hydrogens (tertiary/aromatic N) is 3. The van der Waals surface area contributed by atoms with Gasteiger partial charge in [-0.3, -0.25) is 4.79 Å². The molecule has 1 aliphatic carbocycles. The lowest BCUT2D eigenvalue weighted by molar-refractivity contribution is -0.274. The number of carbonyl (C=O) groups excluding carboxylic acids is 1. The molecule has 3 N–H and O–H groups in total. The summed E-state index contributed by atoms with van der Waals surface area (Å²) in [5, 5.41) is 9.37. The summed E-state index contributed by atoms with van der Waals surface area (Å²) in [5.41, 5.74) is 7.63. The van der Waals surface area contributed by atoms with Crippen LogP contribution in [0.25, 0.3) is 0 Å². The monoisotopic (exact) mass is 447 g/mol. The minimum absolute atomic E-state index is 0.0339. The predicted molar refractivity (Wildman–Crippen MR) is 108 cm³/mol. The van der Waals surface area contributed by atoms with E-state index in [0.717, 1.165) is 10.6 Å². The van der Waals surface area contributed by atoms with Gasteiger partial charge in [0, 0.05) is 28.5 Å². The lowest BCUT2D eigenvalue weighted by atomic mass is 9.80. The number of nitrogens with two attached hydrogens (primary N) is 1. The van der Waals surface area contributed by atoms with Gasteiger partial charge in [-0.05, 0) is 35.6 Å². The Labute approximate surface area is 178 Å². The molecule has 1 aliphatic heterocycles. The largest absolute Gasteiger partial charge is 0.573 e. The zero-order valence-corrected chi connectivity index (χ0v) is 16.7. The molecule has 7 nitrogen and oxygen atoms in total. The second-order valence-electron chi connectivity index (χ2n) is 7.32. The van der Waals surface area contributed by atoms with E-state index < -0.39 is 12.4 Å². The molecule has 2 aromatic heterocycles. The normalized spacial score (nSPS) is 20.8. The van der Waals surface area contributed by atoms with Crippen LogP contribution in [0.15, 0.2) is 53.0 Å². The third kappa shape index (κ3) is 3.65. The summed E-state index contributed by atoms with van der Waals surface area (Å²) in [6, 6.07) is 8.72. The van der Waals surface area contributed by atoms with E-state index in [2.05, 4.69) is 20.1 Å². The molecule has 3 aromatic rings. The van der Waals surface area contributed by atoms with Crippen LogP contribution < -0.4 is 15.8 Å². The zero-order chi connectivity index (χ0) is 21.8. The molecule has 0 bridgehead atoms. The third-order valence-electron chi connectivity index (χ3n) is 5.31. The van der Waals surface area contributed by atoms with Crippen LogP contribution in [0.4, 0.5) is 25.1 Å². The van der Waals surface area contributed by atoms with Crippen LogP contribution in [-0.4, -0.2) is 26.9 Å². The number of benzene rings is 1. The number of Topliss-reactive ketones (excluding diaryl/α,β-unsaturated/α-hetero) is 1. The maximum atomic E-state index is 13.2. The summed E-state index contributed by atoms with van der Waals surface area (Å²) in [6.45, 7) is 0. The van der Waals surface area contributed by atoms with Crippen molar-refractivity contribution >= 4 is 29.0 Å². The van der Waals surface area contributed by atoms with E-state index in [1.165, 1.54) is 28.9 Å². The van der Waals surface area contributed by atoms with Crippen molar-refractivity contribution in [3.63, 3.8) is 0 Å². The van der Waals surface area contributed by atoms with Crippen molar-refractivity contribution in [2.75, 3.05) is 11.1 Å². The topological polar surface area (TPSA) is 95.1 Å². The number of hydrogen-bond donors (Lipinski definition) is 2. The molecule has 2 aliphatic rings. The second-order valence-corrected chi connectivity index (χ2v) is 8.30. The lowest BCUT2D eigenvalue weighted by Gasteiger charge is -2.34. The average Bonchev–Trinajstić information content (AvgIpc) is 3.34. The van der Waals surface area contributed by atoms with Crippen LogP contribution in [-0.2, 0) is 4.79 Å². The molecule has 3 heterocycles. The third-order valence-corrected chi connectivity index (χ3v) is 6.35. The van der Waals surface area contributed by atoms with E-state index in [1.54, 1.807) is 11.3 Å². The smallest absolute Gasteiger partial charge is 0.406 e. The van der Waals surface area contributed by atoms with Crippen molar-refractivity contribution in [2.45, 2.75) is 31.2 Å². The van der Waals surface area contributed by atoms with Gasteiger partial charge in [0.1, 0.15) is 11.8 Å². The van der Waals surface area contributed by atoms with Gasteiger partial charge in [-0.15, -0.1) is 29.6 Å². The quantitative estimate of drug-likeness (QED) is 0.624. The lowest BCUT2D eigenvalue weighted by Crippen LogP contribution is -2.33. The molecule has 0 radical (unpaired) electrons. The van der Waals surface area contributed by atoms with Gasteiger partial charge in [-0.25, -0.2) is 4.68 Å². The van der Waals surface area contributed by atoms with Gasteiger partial charge in [0.05, 0.1) is 0 Å². The molecule has 11 heteroatoms. The van der Waals surface area contributed by atoms with Crippen LogP contribution in [0.1, 0.15) is 35.2 Å². The van der Waals surface area contributed by atoms with Crippen molar-refractivity contribution < 1.29 is 22.7 Å². The Morgan fingerprint density at radius 3 is 2.65 bits per heavy atom. The Balaban J connectivity index is 1.55. The molecule has 160 valence electrons. The van der Waals surface area contributed by atoms with E-state index in [-0.39, 0.29) is 23.4 Å². The van der Waals surface area contributed by atoms with Crippen LogP contribution in [0.2, 0.25) is 0 Å². The number of fused-ring (bicyclic) bond motifs is 1. The van der Waals surface area contributed by atoms with E-state index in [1.807, 2.05) is 17.5 Å². The Hall–Kier alpha value is -3.34. The van der Waals surface area contributed by atoms with Crippen LogP contribution in [0.5, 0.6) is 5.75 Å². The number of anilines is 2. The first-order valence-corrected chi connectivity index (χ1v) is 10.3. The summed E-state index contributed by atoms with van der Waals surface area (Å²) in [6.07, 6.45) is -3.83. The second kappa shape index (κ2) is 7.12. The van der Waals surface area contributed by atoms with Crippen molar-refractivity contribution in [1.29, 1.82) is 0 Å². The fourth-order valence-electron chi connectivity index (χ4n) is 4.11. The number of ketones is 1. The fourth-order valence-corrected chi connectivity index (χ4v) is 4.94. The number of alkyl halides is 3. The van der Waals surface area contributed by atoms with Gasteiger partial charge in [0.2, 0.25) is 11.9 Å². The van der Waals surface area contributed by atoms with Gasteiger partial charge in [-0.2, -0.15) is 4.98 Å². The molecule has 0 saturated heterocycles. The molecule has 1 aromatic carbocycles. The highest BCUT2D eigenvalue weighted by Crippen LogP contribution is 2.45. The number of ether oxygens (including phenoxy) is 1. The molecular formula is C20H16F3N5O2S. The maximum absolute atomic E-state index is 13.2. The molecule has 0 spiro atoms. The first kappa shape index (κ1) is 19.6. The molecule has 31 heavy (non-hydrogen) atoms. The average molecular weight is 447 g/mol. The van der Waals surface area contributed by atoms with Gasteiger partial charge < -0.3 is 15.8 Å². The number of allylic oxidation sites excluding steroid dienone is 2. The molecule has 5 rings (SSSR count). The summed E-state index contributed by atoms with van der Waals surface area (Å²) < 4.78 is 43.0. The van der Waals surface area contributed by atoms with Crippen LogP contribution in [0, 0.1) is 0 Å². The Morgan fingerprint density at radius 2 is 1.97 bits per heavy atom. The number of halogens is 3. The number of carbonyl (C=O) groups is 1. The molecule has 2 atom stereocenters. The van der Waals surface area contributed by atoms with Gasteiger partial charge >= 0.3 is 6.36 Å². The van der Waals surface area contributed by atoms with E-state index in [4.69, 9.17) is 5.73 Å². The maximum Gasteiger partial charge on any atom is 0.573 e. The highest BCUT2D eigenvalue weighted by molar-refractivity contribution is 7.10. The Kier molecular flexibility index (Phi) is 4.50. The van der Waals surface area contributed by atoms with Crippen LogP contribution in [0.3, 0.4) is 0 Å². The standard InChI is InChI=1S/C20H16F3N5O2S/c21-20(22,23)30-12-5-3-10(4-6-12)17-16-13(25-19-26-18(24)27-28(17)19)8-11(9-14(16)29)15-2-1-7-31-15/h1-7,11,17H,8-9H2,(H3,24,25,26,27)/t11-,17-/m0/s1. The van der Waals surface area contributed by atoms with Crippen molar-refractivity contribution in [3.8, 4) is 5.75 Å². The highest BCUT2D eigenvalue weighted by atomic mass is 32.1. The minimum Gasteiger partial charge on any atom is -0.406 e. The number of nitrogens with one attached hydrogen (secondary N) is 1. The molecule has 0 amide bonds. The van der Waals surface area contributed by atoms with E-state index >= 15 is 0 Å². The van der Waals surface area contributed by atoms with Crippen molar-refractivity contribution in [3.05, 3.63) is 63.5 Å². The summed E-state index contributed by atoms with van der Waals surface area (Å²) in [7, 11) is 0. The summed E-state index contributed by atoms with van der Waals surface area (Å²) in [5.74, 6) is 0.0786. The summed E-state index contributed by atoms with van der Waals surface area (Å²) in [4.78, 5) is 18.6. The molecule has 0 unspecified atom stereocenters. The van der Waals surface area contributed by atoms with E-state index in [0.29, 0.717) is 29.9 Å². The fraction of sp³-hybridized carbons (Fsp3) is 0.250. The van der Waals surface area contributed by atoms with E-state index in [9.17, 15) is 18.0 Å². The number of thiophene rings is 1. The molecular weight excluding hydrogens is 431 g/mol.